The predicted molar refractivity (Wildman–Crippen MR) is 76.9 cm³/mol. The number of hydrogen-bond donors (Lipinski definition) is 3. The van der Waals surface area contributed by atoms with Gasteiger partial charge in [0.1, 0.15) is 5.82 Å². The molecule has 0 aliphatic heterocycles. The molecule has 4 N–H and O–H groups in total. The van der Waals surface area contributed by atoms with Crippen LogP contribution >= 0.6 is 0 Å². The van der Waals surface area contributed by atoms with Gasteiger partial charge in [0.05, 0.1) is 11.3 Å². The Labute approximate surface area is 120 Å². The quantitative estimate of drug-likeness (QED) is 0.757. The number of carboxylic acid groups (broad SMARTS) is 1. The Morgan fingerprint density at radius 1 is 1.14 bits per heavy atom. The number of aryl methyl sites for hydroxylation is 1. The van der Waals surface area contributed by atoms with E-state index < -0.39 is 17.7 Å². The third kappa shape index (κ3) is 3.17. The zero-order valence-corrected chi connectivity index (χ0v) is 11.2. The number of aromatic carboxylic acids is 1. The summed E-state index contributed by atoms with van der Waals surface area (Å²) in [6.07, 6.45) is 0. The smallest absolute Gasteiger partial charge is 0.335 e. The molecule has 0 aliphatic rings. The van der Waals surface area contributed by atoms with Crippen LogP contribution in [0.4, 0.5) is 15.8 Å². The van der Waals surface area contributed by atoms with Crippen LogP contribution in [0.1, 0.15) is 26.3 Å². The third-order valence-corrected chi connectivity index (χ3v) is 2.98. The summed E-state index contributed by atoms with van der Waals surface area (Å²) < 4.78 is 13.3. The molecule has 0 aromatic heterocycles. The lowest BCUT2D eigenvalue weighted by molar-refractivity contribution is 0.0696. The Hall–Kier alpha value is -2.89. The largest absolute Gasteiger partial charge is 0.478 e. The van der Waals surface area contributed by atoms with Crippen LogP contribution in [0.5, 0.6) is 0 Å². The molecule has 0 saturated carbocycles. The lowest BCUT2D eigenvalue weighted by atomic mass is 10.1. The molecule has 108 valence electrons. The molecule has 0 heterocycles. The summed E-state index contributed by atoms with van der Waals surface area (Å²) in [5.41, 5.74) is 6.63. The van der Waals surface area contributed by atoms with E-state index in [4.69, 9.17) is 10.8 Å². The highest BCUT2D eigenvalue weighted by Crippen LogP contribution is 2.19. The number of rotatable bonds is 3. The normalized spacial score (nSPS) is 10.2. The molecular weight excluding hydrogens is 275 g/mol. The average Bonchev–Trinajstić information content (AvgIpc) is 2.43. The number of hydrogen-bond acceptors (Lipinski definition) is 3. The number of carbonyl (C=O) groups excluding carboxylic acids is 1. The molecular formula is C15H13FN2O3. The van der Waals surface area contributed by atoms with E-state index in [2.05, 4.69) is 5.32 Å². The van der Waals surface area contributed by atoms with Crippen molar-refractivity contribution in [1.82, 2.24) is 0 Å². The van der Waals surface area contributed by atoms with Gasteiger partial charge < -0.3 is 16.2 Å². The molecule has 0 fully saturated rings. The van der Waals surface area contributed by atoms with Crippen LogP contribution in [0.25, 0.3) is 0 Å². The van der Waals surface area contributed by atoms with Crippen LogP contribution in [0.3, 0.4) is 0 Å². The van der Waals surface area contributed by atoms with E-state index in [1.54, 1.807) is 6.92 Å². The number of amides is 1. The molecule has 0 spiro atoms. The van der Waals surface area contributed by atoms with Crippen molar-refractivity contribution in [1.29, 1.82) is 0 Å². The Bertz CT molecular complexity index is 729. The average molecular weight is 288 g/mol. The maximum atomic E-state index is 13.3. The zero-order valence-electron chi connectivity index (χ0n) is 11.2. The molecule has 0 bridgehead atoms. The van der Waals surface area contributed by atoms with Crippen molar-refractivity contribution in [2.24, 2.45) is 0 Å². The van der Waals surface area contributed by atoms with Gasteiger partial charge >= 0.3 is 5.97 Å². The van der Waals surface area contributed by atoms with Crippen LogP contribution in [0, 0.1) is 12.7 Å². The Morgan fingerprint density at radius 2 is 1.81 bits per heavy atom. The summed E-state index contributed by atoms with van der Waals surface area (Å²) in [4.78, 5) is 22.9. The maximum absolute atomic E-state index is 13.3. The number of anilines is 2. The molecule has 0 aliphatic carbocycles. The number of benzene rings is 2. The molecule has 2 aromatic carbocycles. The number of nitrogens with one attached hydrogen (secondary N) is 1. The first kappa shape index (κ1) is 14.5. The second-order valence-electron chi connectivity index (χ2n) is 4.53. The summed E-state index contributed by atoms with van der Waals surface area (Å²) in [6, 6.07) is 8.09. The van der Waals surface area contributed by atoms with Gasteiger partial charge in [-0.2, -0.15) is 0 Å². The van der Waals surface area contributed by atoms with Crippen LogP contribution in [-0.4, -0.2) is 17.0 Å². The molecule has 2 aromatic rings. The van der Waals surface area contributed by atoms with Crippen LogP contribution < -0.4 is 11.1 Å². The van der Waals surface area contributed by atoms with Gasteiger partial charge in [-0.3, -0.25) is 4.79 Å². The van der Waals surface area contributed by atoms with Gasteiger partial charge in [-0.1, -0.05) is 0 Å². The topological polar surface area (TPSA) is 92.4 Å². The van der Waals surface area contributed by atoms with Crippen molar-refractivity contribution in [3.63, 3.8) is 0 Å². The number of halogens is 1. The van der Waals surface area contributed by atoms with Crippen LogP contribution in [0.2, 0.25) is 0 Å². The fourth-order valence-electron chi connectivity index (χ4n) is 1.80. The first-order valence-electron chi connectivity index (χ1n) is 6.09. The Kier molecular flexibility index (Phi) is 3.89. The van der Waals surface area contributed by atoms with Crippen molar-refractivity contribution < 1.29 is 19.1 Å². The zero-order chi connectivity index (χ0) is 15.6. The van der Waals surface area contributed by atoms with Crippen LogP contribution in [0.15, 0.2) is 36.4 Å². The van der Waals surface area contributed by atoms with Crippen molar-refractivity contribution in [2.45, 2.75) is 6.92 Å². The molecule has 0 unspecified atom stereocenters. The Morgan fingerprint density at radius 3 is 2.38 bits per heavy atom. The minimum atomic E-state index is -1.04. The van der Waals surface area contributed by atoms with Gasteiger partial charge in [0.15, 0.2) is 0 Å². The van der Waals surface area contributed by atoms with Crippen LogP contribution in [-0.2, 0) is 0 Å². The summed E-state index contributed by atoms with van der Waals surface area (Å²) in [5.74, 6) is -2.21. The van der Waals surface area contributed by atoms with E-state index in [9.17, 15) is 14.0 Å². The maximum Gasteiger partial charge on any atom is 0.335 e. The highest BCUT2D eigenvalue weighted by molar-refractivity contribution is 6.05. The molecule has 0 radical (unpaired) electrons. The summed E-state index contributed by atoms with van der Waals surface area (Å²) in [5, 5.41) is 11.5. The summed E-state index contributed by atoms with van der Waals surface area (Å²) >= 11 is 0. The highest BCUT2D eigenvalue weighted by Gasteiger charge is 2.11. The molecule has 0 atom stereocenters. The van der Waals surface area contributed by atoms with E-state index in [1.165, 1.54) is 30.3 Å². The molecule has 2 rings (SSSR count). The van der Waals surface area contributed by atoms with Crippen molar-refractivity contribution in [3.05, 3.63) is 58.9 Å². The lowest BCUT2D eigenvalue weighted by Crippen LogP contribution is -2.13. The number of nitrogens with two attached hydrogens (primary N) is 1. The van der Waals surface area contributed by atoms with E-state index in [-0.39, 0.29) is 16.8 Å². The predicted octanol–water partition coefficient (Wildman–Crippen LogP) is 2.67. The standard InChI is InChI=1S/C15H13FN2O3/c1-8-6-10(15(20)21)3-5-13(8)18-14(19)9-2-4-12(17)11(16)7-9/h2-7H,17H2,1H3,(H,18,19)(H,20,21). The van der Waals surface area contributed by atoms with Gasteiger partial charge in [0.2, 0.25) is 0 Å². The van der Waals surface area contributed by atoms with Gasteiger partial charge in [-0.25, -0.2) is 9.18 Å². The van der Waals surface area contributed by atoms with Gasteiger partial charge in [0, 0.05) is 11.3 Å². The molecule has 5 nitrogen and oxygen atoms in total. The monoisotopic (exact) mass is 288 g/mol. The summed E-state index contributed by atoms with van der Waals surface area (Å²) in [6.45, 7) is 1.67. The number of carboxylic acids is 1. The lowest BCUT2D eigenvalue weighted by Gasteiger charge is -2.09. The fraction of sp³-hybridized carbons (Fsp3) is 0.0667. The highest BCUT2D eigenvalue weighted by atomic mass is 19.1. The van der Waals surface area contributed by atoms with Crippen molar-refractivity contribution >= 4 is 23.3 Å². The second kappa shape index (κ2) is 5.62. The molecule has 21 heavy (non-hydrogen) atoms. The first-order chi connectivity index (χ1) is 9.88. The van der Waals surface area contributed by atoms with Crippen molar-refractivity contribution in [2.75, 3.05) is 11.1 Å². The van der Waals surface area contributed by atoms with Gasteiger partial charge in [0.25, 0.3) is 5.91 Å². The Balaban J connectivity index is 2.23. The third-order valence-electron chi connectivity index (χ3n) is 2.98. The SMILES string of the molecule is Cc1cc(C(=O)O)ccc1NC(=O)c1ccc(N)c(F)c1. The number of carbonyl (C=O) groups is 2. The molecule has 0 saturated heterocycles. The van der Waals surface area contributed by atoms with E-state index in [0.717, 1.165) is 6.07 Å². The van der Waals surface area contributed by atoms with E-state index in [0.29, 0.717) is 11.3 Å². The van der Waals surface area contributed by atoms with Crippen molar-refractivity contribution in [3.8, 4) is 0 Å². The minimum absolute atomic E-state index is 0.0338. The minimum Gasteiger partial charge on any atom is -0.478 e. The summed E-state index contributed by atoms with van der Waals surface area (Å²) in [7, 11) is 0. The van der Waals surface area contributed by atoms with Gasteiger partial charge in [-0.15, -0.1) is 0 Å². The second-order valence-corrected chi connectivity index (χ2v) is 4.53. The molecule has 1 amide bonds. The first-order valence-corrected chi connectivity index (χ1v) is 6.09. The van der Waals surface area contributed by atoms with E-state index in [1.807, 2.05) is 0 Å². The number of nitrogen functional groups attached to an aromatic ring is 1. The molecule has 6 heteroatoms. The van der Waals surface area contributed by atoms with E-state index >= 15 is 0 Å². The van der Waals surface area contributed by atoms with Gasteiger partial charge in [-0.05, 0) is 48.9 Å². The fourth-order valence-corrected chi connectivity index (χ4v) is 1.80.